The van der Waals surface area contributed by atoms with E-state index in [2.05, 4.69) is 0 Å². The lowest BCUT2D eigenvalue weighted by Gasteiger charge is -2.15. The van der Waals surface area contributed by atoms with Gasteiger partial charge in [0.05, 0.1) is 5.56 Å². The molecule has 1 atom stereocenters. The van der Waals surface area contributed by atoms with Crippen molar-refractivity contribution in [1.82, 2.24) is 0 Å². The lowest BCUT2D eigenvalue weighted by molar-refractivity contribution is 0.0697. The van der Waals surface area contributed by atoms with Crippen molar-refractivity contribution < 1.29 is 14.6 Å². The quantitative estimate of drug-likeness (QED) is 0.853. The molecule has 0 saturated carbocycles. The highest BCUT2D eigenvalue weighted by molar-refractivity contribution is 5.87. The predicted octanol–water partition coefficient (Wildman–Crippen LogP) is 3.37. The maximum Gasteiger partial charge on any atom is 0.335 e. The average molecular weight is 285 g/mol. The summed E-state index contributed by atoms with van der Waals surface area (Å²) >= 11 is 0. The number of hydrogen-bond acceptors (Lipinski definition) is 3. The predicted molar refractivity (Wildman–Crippen MR) is 81.4 cm³/mol. The SMILES string of the molecule is CCC(N)c1ccccc1OCc1ccc(C(=O)O)cc1. The number of ether oxygens (including phenoxy) is 1. The van der Waals surface area contributed by atoms with Gasteiger partial charge in [0.2, 0.25) is 0 Å². The largest absolute Gasteiger partial charge is 0.489 e. The van der Waals surface area contributed by atoms with Crippen molar-refractivity contribution in [1.29, 1.82) is 0 Å². The summed E-state index contributed by atoms with van der Waals surface area (Å²) in [5.74, 6) is -0.157. The molecule has 0 aromatic heterocycles. The number of carboxylic acids is 1. The van der Waals surface area contributed by atoms with Crippen LogP contribution in [-0.4, -0.2) is 11.1 Å². The monoisotopic (exact) mass is 285 g/mol. The van der Waals surface area contributed by atoms with Crippen molar-refractivity contribution in [2.24, 2.45) is 5.73 Å². The van der Waals surface area contributed by atoms with Gasteiger partial charge in [0.25, 0.3) is 0 Å². The van der Waals surface area contributed by atoms with E-state index in [1.54, 1.807) is 24.3 Å². The summed E-state index contributed by atoms with van der Waals surface area (Å²) in [6, 6.07) is 14.3. The summed E-state index contributed by atoms with van der Waals surface area (Å²) in [5, 5.41) is 8.86. The Bertz CT molecular complexity index is 608. The van der Waals surface area contributed by atoms with Gasteiger partial charge < -0.3 is 15.6 Å². The molecule has 0 spiro atoms. The first-order valence-electron chi connectivity index (χ1n) is 6.91. The lowest BCUT2D eigenvalue weighted by Crippen LogP contribution is -2.10. The topological polar surface area (TPSA) is 72.5 Å². The maximum atomic E-state index is 10.8. The first-order chi connectivity index (χ1) is 10.1. The molecule has 3 N–H and O–H groups in total. The number of nitrogens with two attached hydrogens (primary N) is 1. The molecule has 0 saturated heterocycles. The van der Waals surface area contributed by atoms with E-state index >= 15 is 0 Å². The van der Waals surface area contributed by atoms with E-state index in [4.69, 9.17) is 15.6 Å². The molecule has 1 unspecified atom stereocenters. The molecule has 0 heterocycles. The Morgan fingerprint density at radius 2 is 1.86 bits per heavy atom. The van der Waals surface area contributed by atoms with Crippen LogP contribution in [0.1, 0.15) is 40.9 Å². The lowest BCUT2D eigenvalue weighted by atomic mass is 10.0. The van der Waals surface area contributed by atoms with Gasteiger partial charge in [0.1, 0.15) is 12.4 Å². The van der Waals surface area contributed by atoms with Gasteiger partial charge in [-0.3, -0.25) is 0 Å². The molecule has 0 aliphatic carbocycles. The molecular formula is C17H19NO3. The third kappa shape index (κ3) is 3.83. The molecule has 4 nitrogen and oxygen atoms in total. The molecule has 2 rings (SSSR count). The van der Waals surface area contributed by atoms with Gasteiger partial charge >= 0.3 is 5.97 Å². The molecule has 0 radical (unpaired) electrons. The molecule has 2 aromatic carbocycles. The Balaban J connectivity index is 2.08. The second kappa shape index (κ2) is 6.90. The molecule has 0 amide bonds. The van der Waals surface area contributed by atoms with Crippen LogP contribution in [0.2, 0.25) is 0 Å². The van der Waals surface area contributed by atoms with E-state index in [1.165, 1.54) is 0 Å². The number of carboxylic acid groups (broad SMARTS) is 1. The zero-order valence-electron chi connectivity index (χ0n) is 12.0. The van der Waals surface area contributed by atoms with Crippen molar-refractivity contribution in [3.05, 3.63) is 65.2 Å². The first kappa shape index (κ1) is 15.1. The normalized spacial score (nSPS) is 11.9. The van der Waals surface area contributed by atoms with Crippen LogP contribution in [0.5, 0.6) is 5.75 Å². The molecule has 21 heavy (non-hydrogen) atoms. The number of rotatable bonds is 6. The van der Waals surface area contributed by atoms with Crippen molar-refractivity contribution in [3.63, 3.8) is 0 Å². The van der Waals surface area contributed by atoms with Crippen molar-refractivity contribution in [2.45, 2.75) is 26.0 Å². The summed E-state index contributed by atoms with van der Waals surface area (Å²) in [6.07, 6.45) is 0.841. The van der Waals surface area contributed by atoms with Gasteiger partial charge in [0.15, 0.2) is 0 Å². The highest BCUT2D eigenvalue weighted by Crippen LogP contribution is 2.26. The molecule has 2 aromatic rings. The fraction of sp³-hybridized carbons (Fsp3) is 0.235. The second-order valence-corrected chi connectivity index (χ2v) is 4.84. The van der Waals surface area contributed by atoms with Crippen molar-refractivity contribution in [2.75, 3.05) is 0 Å². The highest BCUT2D eigenvalue weighted by Gasteiger charge is 2.10. The molecule has 0 bridgehead atoms. The van der Waals surface area contributed by atoms with Crippen LogP contribution in [0, 0.1) is 0 Å². The van der Waals surface area contributed by atoms with Crippen LogP contribution in [0.15, 0.2) is 48.5 Å². The third-order valence-corrected chi connectivity index (χ3v) is 3.35. The van der Waals surface area contributed by atoms with Gasteiger partial charge in [-0.1, -0.05) is 37.3 Å². The highest BCUT2D eigenvalue weighted by atomic mass is 16.5. The van der Waals surface area contributed by atoms with Crippen LogP contribution < -0.4 is 10.5 Å². The van der Waals surface area contributed by atoms with Crippen LogP contribution in [-0.2, 0) is 6.61 Å². The number of carbonyl (C=O) groups is 1. The van der Waals surface area contributed by atoms with Gasteiger partial charge in [-0.25, -0.2) is 4.79 Å². The van der Waals surface area contributed by atoms with E-state index < -0.39 is 5.97 Å². The van der Waals surface area contributed by atoms with Gasteiger partial charge in [-0.05, 0) is 30.2 Å². The Morgan fingerprint density at radius 1 is 1.19 bits per heavy atom. The fourth-order valence-corrected chi connectivity index (χ4v) is 2.04. The van der Waals surface area contributed by atoms with E-state index in [0.29, 0.717) is 6.61 Å². The first-order valence-corrected chi connectivity index (χ1v) is 6.91. The minimum absolute atomic E-state index is 0.0458. The van der Waals surface area contributed by atoms with Crippen LogP contribution in [0.25, 0.3) is 0 Å². The van der Waals surface area contributed by atoms with Crippen molar-refractivity contribution >= 4 is 5.97 Å². The second-order valence-electron chi connectivity index (χ2n) is 4.84. The van der Waals surface area contributed by atoms with Crippen molar-refractivity contribution in [3.8, 4) is 5.75 Å². The van der Waals surface area contributed by atoms with Crippen LogP contribution in [0.3, 0.4) is 0 Å². The minimum atomic E-state index is -0.929. The summed E-state index contributed by atoms with van der Waals surface area (Å²) in [6.45, 7) is 2.42. The van der Waals surface area contributed by atoms with Gasteiger partial charge in [0, 0.05) is 11.6 Å². The van der Waals surface area contributed by atoms with E-state index in [1.807, 2.05) is 31.2 Å². The number of aromatic carboxylic acids is 1. The zero-order chi connectivity index (χ0) is 15.2. The molecule has 0 aliphatic rings. The smallest absolute Gasteiger partial charge is 0.335 e. The Labute approximate surface area is 124 Å². The average Bonchev–Trinajstić information content (AvgIpc) is 2.52. The standard InChI is InChI=1S/C17H19NO3/c1-2-15(18)14-5-3-4-6-16(14)21-11-12-7-9-13(10-8-12)17(19)20/h3-10,15H,2,11,18H2,1H3,(H,19,20). The molecule has 110 valence electrons. The Hall–Kier alpha value is -2.33. The fourth-order valence-electron chi connectivity index (χ4n) is 2.04. The number of hydrogen-bond donors (Lipinski definition) is 2. The maximum absolute atomic E-state index is 10.8. The molecular weight excluding hydrogens is 266 g/mol. The molecule has 0 aliphatic heterocycles. The third-order valence-electron chi connectivity index (χ3n) is 3.35. The van der Waals surface area contributed by atoms with Gasteiger partial charge in [-0.15, -0.1) is 0 Å². The summed E-state index contributed by atoms with van der Waals surface area (Å²) in [5.41, 5.74) is 8.25. The summed E-state index contributed by atoms with van der Waals surface area (Å²) in [7, 11) is 0. The Morgan fingerprint density at radius 3 is 2.48 bits per heavy atom. The number of para-hydroxylation sites is 1. The van der Waals surface area contributed by atoms with Crippen LogP contribution >= 0.6 is 0 Å². The number of benzene rings is 2. The van der Waals surface area contributed by atoms with Gasteiger partial charge in [-0.2, -0.15) is 0 Å². The zero-order valence-corrected chi connectivity index (χ0v) is 12.0. The van der Waals surface area contributed by atoms with E-state index in [9.17, 15) is 4.79 Å². The minimum Gasteiger partial charge on any atom is -0.489 e. The Kier molecular flexibility index (Phi) is 4.95. The van der Waals surface area contributed by atoms with Crippen LogP contribution in [0.4, 0.5) is 0 Å². The molecule has 0 fully saturated rings. The molecule has 4 heteroatoms. The van der Waals surface area contributed by atoms with E-state index in [-0.39, 0.29) is 11.6 Å². The van der Waals surface area contributed by atoms with E-state index in [0.717, 1.165) is 23.3 Å². The summed E-state index contributed by atoms with van der Waals surface area (Å²) in [4.78, 5) is 10.8. The summed E-state index contributed by atoms with van der Waals surface area (Å²) < 4.78 is 5.82.